The van der Waals surface area contributed by atoms with Gasteiger partial charge in [-0.1, -0.05) is 24.4 Å². The lowest BCUT2D eigenvalue weighted by Gasteiger charge is -2.38. The fourth-order valence-corrected chi connectivity index (χ4v) is 4.98. The van der Waals surface area contributed by atoms with E-state index in [1.165, 1.54) is 25.7 Å². The van der Waals surface area contributed by atoms with Crippen LogP contribution in [0.15, 0.2) is 18.2 Å². The number of methoxy groups -OCH3 is 1. The van der Waals surface area contributed by atoms with Crippen molar-refractivity contribution in [3.05, 3.63) is 23.2 Å². The molecule has 2 aliphatic heterocycles. The van der Waals surface area contributed by atoms with E-state index in [1.807, 2.05) is 4.90 Å². The molecule has 1 saturated carbocycles. The van der Waals surface area contributed by atoms with Gasteiger partial charge in [0.15, 0.2) is 0 Å². The minimum absolute atomic E-state index is 0.0523. The average Bonchev–Trinajstić information content (AvgIpc) is 3.37. The third-order valence-corrected chi connectivity index (χ3v) is 6.61. The van der Waals surface area contributed by atoms with E-state index in [4.69, 9.17) is 16.3 Å². The van der Waals surface area contributed by atoms with Crippen LogP contribution in [0, 0.1) is 5.92 Å². The Labute approximate surface area is 171 Å². The first-order valence-electron chi connectivity index (χ1n) is 10.2. The van der Waals surface area contributed by atoms with Crippen molar-refractivity contribution in [2.45, 2.75) is 38.1 Å². The van der Waals surface area contributed by atoms with E-state index in [9.17, 15) is 9.59 Å². The highest BCUT2D eigenvalue weighted by Gasteiger charge is 2.39. The summed E-state index contributed by atoms with van der Waals surface area (Å²) >= 11 is 6.11. The number of ether oxygens (including phenoxy) is 1. The van der Waals surface area contributed by atoms with E-state index >= 15 is 0 Å². The topological polar surface area (TPSA) is 53.1 Å². The maximum Gasteiger partial charge on any atom is 0.228 e. The highest BCUT2D eigenvalue weighted by Crippen LogP contribution is 2.35. The van der Waals surface area contributed by atoms with Gasteiger partial charge in [0.2, 0.25) is 11.8 Å². The molecule has 28 heavy (non-hydrogen) atoms. The van der Waals surface area contributed by atoms with Gasteiger partial charge in [0.1, 0.15) is 5.75 Å². The number of carbonyl (C=O) groups excluding carboxylic acids is 2. The Kier molecular flexibility index (Phi) is 5.78. The highest BCUT2D eigenvalue weighted by atomic mass is 35.5. The maximum atomic E-state index is 13.0. The van der Waals surface area contributed by atoms with Gasteiger partial charge in [-0.25, -0.2) is 0 Å². The van der Waals surface area contributed by atoms with Crippen molar-refractivity contribution in [2.75, 3.05) is 44.7 Å². The van der Waals surface area contributed by atoms with Gasteiger partial charge >= 0.3 is 0 Å². The highest BCUT2D eigenvalue weighted by molar-refractivity contribution is 6.31. The van der Waals surface area contributed by atoms with Crippen LogP contribution in [-0.4, -0.2) is 67.5 Å². The molecule has 0 spiro atoms. The fourth-order valence-electron chi connectivity index (χ4n) is 4.81. The number of halogens is 1. The predicted octanol–water partition coefficient (Wildman–Crippen LogP) is 2.79. The molecule has 1 atom stereocenters. The zero-order valence-corrected chi connectivity index (χ0v) is 17.2. The third kappa shape index (κ3) is 3.85. The van der Waals surface area contributed by atoms with Crippen molar-refractivity contribution in [3.8, 4) is 5.75 Å². The Morgan fingerprint density at radius 1 is 1.14 bits per heavy atom. The second kappa shape index (κ2) is 8.29. The molecule has 2 heterocycles. The van der Waals surface area contributed by atoms with E-state index in [0.29, 0.717) is 29.0 Å². The Morgan fingerprint density at radius 2 is 1.86 bits per heavy atom. The number of piperazine rings is 1. The minimum Gasteiger partial charge on any atom is -0.495 e. The standard InChI is InChI=1S/C21H28ClN3O3/c1-28-19-7-6-16(22)13-18(19)25-14-15(12-20(25)26)21(27)24-10-8-23(9-11-24)17-4-2-3-5-17/h6-7,13,15,17H,2-5,8-12,14H2,1H3. The molecule has 0 N–H and O–H groups in total. The van der Waals surface area contributed by atoms with Gasteiger partial charge < -0.3 is 14.5 Å². The summed E-state index contributed by atoms with van der Waals surface area (Å²) in [5.41, 5.74) is 0.640. The van der Waals surface area contributed by atoms with Crippen molar-refractivity contribution in [1.29, 1.82) is 0 Å². The van der Waals surface area contributed by atoms with Gasteiger partial charge in [0.25, 0.3) is 0 Å². The second-order valence-electron chi connectivity index (χ2n) is 8.02. The zero-order valence-electron chi connectivity index (χ0n) is 16.4. The number of hydrogen-bond donors (Lipinski definition) is 0. The van der Waals surface area contributed by atoms with Crippen molar-refractivity contribution in [1.82, 2.24) is 9.80 Å². The lowest BCUT2D eigenvalue weighted by Crippen LogP contribution is -2.52. The minimum atomic E-state index is -0.297. The van der Waals surface area contributed by atoms with Gasteiger partial charge in [-0.15, -0.1) is 0 Å². The summed E-state index contributed by atoms with van der Waals surface area (Å²) in [5, 5.41) is 0.543. The van der Waals surface area contributed by atoms with Crippen molar-refractivity contribution >= 4 is 29.1 Å². The summed E-state index contributed by atoms with van der Waals surface area (Å²) in [5.74, 6) is 0.344. The molecule has 7 heteroatoms. The van der Waals surface area contributed by atoms with Crippen LogP contribution in [0.4, 0.5) is 5.69 Å². The number of nitrogens with zero attached hydrogens (tertiary/aromatic N) is 3. The van der Waals surface area contributed by atoms with Crippen LogP contribution in [0.5, 0.6) is 5.75 Å². The molecule has 0 aromatic heterocycles. The molecular formula is C21H28ClN3O3. The first-order valence-corrected chi connectivity index (χ1v) is 10.6. The molecule has 1 aliphatic carbocycles. The van der Waals surface area contributed by atoms with E-state index in [2.05, 4.69) is 4.90 Å². The van der Waals surface area contributed by atoms with Crippen LogP contribution in [0.1, 0.15) is 32.1 Å². The van der Waals surface area contributed by atoms with E-state index in [-0.39, 0.29) is 24.2 Å². The lowest BCUT2D eigenvalue weighted by atomic mass is 10.1. The maximum absolute atomic E-state index is 13.0. The molecule has 1 unspecified atom stereocenters. The number of rotatable bonds is 4. The third-order valence-electron chi connectivity index (χ3n) is 6.37. The van der Waals surface area contributed by atoms with E-state index in [1.54, 1.807) is 30.2 Å². The summed E-state index contributed by atoms with van der Waals surface area (Å²) in [4.78, 5) is 31.8. The summed E-state index contributed by atoms with van der Waals surface area (Å²) < 4.78 is 5.38. The molecule has 2 amide bonds. The zero-order chi connectivity index (χ0) is 19.7. The first kappa shape index (κ1) is 19.5. The molecule has 1 aromatic rings. The van der Waals surface area contributed by atoms with Gasteiger partial charge in [0.05, 0.1) is 18.7 Å². The first-order chi connectivity index (χ1) is 13.6. The van der Waals surface area contributed by atoms with Crippen molar-refractivity contribution in [2.24, 2.45) is 5.92 Å². The predicted molar refractivity (Wildman–Crippen MR) is 109 cm³/mol. The summed E-state index contributed by atoms with van der Waals surface area (Å²) in [7, 11) is 1.57. The number of hydrogen-bond acceptors (Lipinski definition) is 4. The van der Waals surface area contributed by atoms with Crippen LogP contribution in [0.2, 0.25) is 5.02 Å². The van der Waals surface area contributed by atoms with Crippen LogP contribution in [0.3, 0.4) is 0 Å². The number of anilines is 1. The van der Waals surface area contributed by atoms with Crippen LogP contribution in [0.25, 0.3) is 0 Å². The van der Waals surface area contributed by atoms with Crippen LogP contribution >= 0.6 is 11.6 Å². The number of carbonyl (C=O) groups is 2. The monoisotopic (exact) mass is 405 g/mol. The van der Waals surface area contributed by atoms with E-state index in [0.717, 1.165) is 26.2 Å². The average molecular weight is 406 g/mol. The molecule has 6 nitrogen and oxygen atoms in total. The molecule has 0 bridgehead atoms. The molecule has 3 fully saturated rings. The second-order valence-corrected chi connectivity index (χ2v) is 8.46. The SMILES string of the molecule is COc1ccc(Cl)cc1N1CC(C(=O)N2CCN(C3CCCC3)CC2)CC1=O. The molecule has 152 valence electrons. The molecule has 2 saturated heterocycles. The van der Waals surface area contributed by atoms with Crippen LogP contribution in [-0.2, 0) is 9.59 Å². The molecule has 3 aliphatic rings. The van der Waals surface area contributed by atoms with Crippen LogP contribution < -0.4 is 9.64 Å². The van der Waals surface area contributed by atoms with Crippen molar-refractivity contribution < 1.29 is 14.3 Å². The summed E-state index contributed by atoms with van der Waals surface area (Å²) in [6.07, 6.45) is 5.49. The summed E-state index contributed by atoms with van der Waals surface area (Å²) in [6, 6.07) is 5.92. The smallest absolute Gasteiger partial charge is 0.228 e. The molecule has 4 rings (SSSR count). The van der Waals surface area contributed by atoms with Gasteiger partial charge in [0, 0.05) is 50.2 Å². The van der Waals surface area contributed by atoms with Crippen molar-refractivity contribution in [3.63, 3.8) is 0 Å². The largest absolute Gasteiger partial charge is 0.495 e. The Hall–Kier alpha value is -1.79. The van der Waals surface area contributed by atoms with Gasteiger partial charge in [-0.3, -0.25) is 14.5 Å². The van der Waals surface area contributed by atoms with Gasteiger partial charge in [-0.2, -0.15) is 0 Å². The quantitative estimate of drug-likeness (QED) is 0.773. The molecular weight excluding hydrogens is 378 g/mol. The normalized spacial score (nSPS) is 24.2. The lowest BCUT2D eigenvalue weighted by molar-refractivity contribution is -0.137. The molecule has 1 aromatic carbocycles. The number of amides is 2. The fraction of sp³-hybridized carbons (Fsp3) is 0.619. The Bertz CT molecular complexity index is 742. The summed E-state index contributed by atoms with van der Waals surface area (Å²) in [6.45, 7) is 3.81. The molecule has 0 radical (unpaired) electrons. The number of benzene rings is 1. The Morgan fingerprint density at radius 3 is 2.54 bits per heavy atom. The van der Waals surface area contributed by atoms with E-state index < -0.39 is 0 Å². The Balaban J connectivity index is 1.39. The van der Waals surface area contributed by atoms with Gasteiger partial charge in [-0.05, 0) is 31.0 Å².